The van der Waals surface area contributed by atoms with E-state index in [0.717, 1.165) is 17.9 Å². The van der Waals surface area contributed by atoms with Crippen molar-refractivity contribution in [2.45, 2.75) is 39.6 Å². The zero-order valence-corrected chi connectivity index (χ0v) is 21.8. The van der Waals surface area contributed by atoms with Crippen molar-refractivity contribution < 1.29 is 27.8 Å². The normalized spacial score (nSPS) is 12.6. The van der Waals surface area contributed by atoms with Crippen LogP contribution >= 0.6 is 10.0 Å². The predicted molar refractivity (Wildman–Crippen MR) is 135 cm³/mol. The number of fused-ring (bicyclic) bond motifs is 1. The molecule has 2 aromatic heterocycles. The van der Waals surface area contributed by atoms with Gasteiger partial charge in [-0.3, -0.25) is 0 Å². The number of aromatic nitrogens is 2. The minimum atomic E-state index is -0.886. The average molecular weight is 510 g/mol. The van der Waals surface area contributed by atoms with E-state index in [2.05, 4.69) is 29.1 Å². The zero-order chi connectivity index (χ0) is 25.8. The maximum Gasteiger partial charge on any atom is 0.407 e. The van der Waals surface area contributed by atoms with E-state index in [-0.39, 0.29) is 17.9 Å². The number of hydrogen-bond donors (Lipinski definition) is 1. The fraction of sp³-hybridized carbons (Fsp3) is 0.440. The summed E-state index contributed by atoms with van der Waals surface area (Å²) in [5.74, 6) is -1.04. The molecule has 3 aromatic rings. The van der Waals surface area contributed by atoms with E-state index in [1.807, 2.05) is 4.57 Å². The Bertz CT molecular complexity index is 1160. The molecule has 0 saturated carbocycles. The lowest BCUT2D eigenvalue weighted by Crippen LogP contribution is -2.32. The van der Waals surface area contributed by atoms with Gasteiger partial charge in [0.15, 0.2) is 17.4 Å². The second kappa shape index (κ2) is 10.8. The highest BCUT2D eigenvalue weighted by atomic mass is 32.3. The number of rotatable bonds is 9. The van der Waals surface area contributed by atoms with Crippen LogP contribution in [0.4, 0.5) is 13.6 Å². The zero-order valence-electron chi connectivity index (χ0n) is 21.0. The van der Waals surface area contributed by atoms with Gasteiger partial charge in [0, 0.05) is 24.7 Å². The first-order valence-corrected chi connectivity index (χ1v) is 14.2. The Morgan fingerprint density at radius 2 is 1.83 bits per heavy atom. The Balaban J connectivity index is 1.70. The van der Waals surface area contributed by atoms with E-state index in [1.54, 1.807) is 39.1 Å². The van der Waals surface area contributed by atoms with Gasteiger partial charge >= 0.3 is 6.09 Å². The molecule has 35 heavy (non-hydrogen) atoms. The van der Waals surface area contributed by atoms with Gasteiger partial charge in [0.2, 0.25) is 0 Å². The Kier molecular flexibility index (Phi) is 8.27. The van der Waals surface area contributed by atoms with Crippen LogP contribution < -0.4 is 10.1 Å². The molecule has 0 atom stereocenters. The Labute approximate surface area is 206 Å². The van der Waals surface area contributed by atoms with Crippen molar-refractivity contribution in [2.24, 2.45) is 0 Å². The summed E-state index contributed by atoms with van der Waals surface area (Å²) >= 11 is 0. The summed E-state index contributed by atoms with van der Waals surface area (Å²) in [5, 5.41) is 3.08. The van der Waals surface area contributed by atoms with Gasteiger partial charge in [-0.05, 0) is 69.4 Å². The van der Waals surface area contributed by atoms with Gasteiger partial charge in [-0.1, -0.05) is 0 Å². The summed E-state index contributed by atoms with van der Waals surface area (Å²) in [5.41, 5.74) is 0.148. The monoisotopic (exact) mass is 509 g/mol. The number of ether oxygens (including phenoxy) is 3. The lowest BCUT2D eigenvalue weighted by atomic mass is 10.2. The van der Waals surface area contributed by atoms with Gasteiger partial charge < -0.3 is 24.1 Å². The SMILES string of the molecule is CC(C)(C)OC(=O)NCc1cc(F)c(Oc2ccnc3c2ccn3COCCS(C)(C)C)c(F)c1. The van der Waals surface area contributed by atoms with Crippen molar-refractivity contribution in [3.63, 3.8) is 0 Å². The number of benzene rings is 1. The molecule has 192 valence electrons. The Hall–Kier alpha value is -2.85. The molecule has 7 nitrogen and oxygen atoms in total. The second-order valence-corrected chi connectivity index (χ2v) is 14.6. The fourth-order valence-corrected chi connectivity index (χ4v) is 3.76. The summed E-state index contributed by atoms with van der Waals surface area (Å²) in [7, 11) is -0.644. The number of pyridine rings is 1. The van der Waals surface area contributed by atoms with Crippen molar-refractivity contribution >= 4 is 27.2 Å². The smallest absolute Gasteiger partial charge is 0.407 e. The van der Waals surface area contributed by atoms with Crippen LogP contribution in [-0.4, -0.2) is 52.4 Å². The maximum atomic E-state index is 14.8. The van der Waals surface area contributed by atoms with Gasteiger partial charge in [0.25, 0.3) is 0 Å². The molecule has 0 unspecified atom stereocenters. The van der Waals surface area contributed by atoms with E-state index in [1.165, 1.54) is 6.20 Å². The molecule has 1 aromatic carbocycles. The largest absolute Gasteiger partial charge is 0.450 e. The van der Waals surface area contributed by atoms with Gasteiger partial charge in [-0.15, -0.1) is 0 Å². The van der Waals surface area contributed by atoms with Crippen LogP contribution in [0.15, 0.2) is 36.7 Å². The molecule has 0 spiro atoms. The van der Waals surface area contributed by atoms with E-state index >= 15 is 0 Å². The molecule has 0 aliphatic rings. The van der Waals surface area contributed by atoms with Gasteiger partial charge in [0.05, 0.1) is 12.0 Å². The van der Waals surface area contributed by atoms with E-state index < -0.39 is 39.1 Å². The minimum absolute atomic E-state index is 0.0951. The van der Waals surface area contributed by atoms with Crippen LogP contribution in [0, 0.1) is 11.6 Å². The first-order valence-electron chi connectivity index (χ1n) is 11.1. The number of nitrogens with zero attached hydrogens (tertiary/aromatic N) is 2. The molecule has 2 heterocycles. The predicted octanol–water partition coefficient (Wildman–Crippen LogP) is 5.80. The van der Waals surface area contributed by atoms with Crippen LogP contribution in [0.25, 0.3) is 11.0 Å². The Morgan fingerprint density at radius 3 is 2.46 bits per heavy atom. The lowest BCUT2D eigenvalue weighted by molar-refractivity contribution is 0.0523. The number of hydrogen-bond acceptors (Lipinski definition) is 5. The van der Waals surface area contributed by atoms with Crippen molar-refractivity contribution in [1.29, 1.82) is 0 Å². The van der Waals surface area contributed by atoms with Crippen molar-refractivity contribution in [3.05, 3.63) is 53.9 Å². The number of carbonyl (C=O) groups is 1. The van der Waals surface area contributed by atoms with Crippen LogP contribution in [0.5, 0.6) is 11.5 Å². The second-order valence-electron chi connectivity index (χ2n) is 10.0. The molecule has 10 heteroatoms. The number of amides is 1. The summed E-state index contributed by atoms with van der Waals surface area (Å²) in [6.07, 6.45) is 9.33. The first-order chi connectivity index (χ1) is 16.3. The Morgan fingerprint density at radius 1 is 1.14 bits per heavy atom. The highest BCUT2D eigenvalue weighted by Gasteiger charge is 2.19. The molecule has 3 rings (SSSR count). The van der Waals surface area contributed by atoms with Crippen molar-refractivity contribution in [3.8, 4) is 11.5 Å². The van der Waals surface area contributed by atoms with E-state index in [9.17, 15) is 13.6 Å². The quantitative estimate of drug-likeness (QED) is 0.369. The fourth-order valence-electron chi connectivity index (χ4n) is 3.14. The molecule has 0 fully saturated rings. The summed E-state index contributed by atoms with van der Waals surface area (Å²) in [6.45, 7) is 6.04. The third-order valence-corrected chi connectivity index (χ3v) is 6.19. The molecule has 0 saturated heterocycles. The number of halogens is 2. The molecular weight excluding hydrogens is 476 g/mol. The van der Waals surface area contributed by atoms with Gasteiger partial charge in [-0.2, -0.15) is 0 Å². The average Bonchev–Trinajstić information content (AvgIpc) is 3.14. The van der Waals surface area contributed by atoms with E-state index in [0.29, 0.717) is 24.4 Å². The van der Waals surface area contributed by atoms with E-state index in [4.69, 9.17) is 14.2 Å². The minimum Gasteiger partial charge on any atom is -0.450 e. The highest BCUT2D eigenvalue weighted by Crippen LogP contribution is 2.34. The lowest BCUT2D eigenvalue weighted by Gasteiger charge is -2.24. The molecule has 0 aliphatic carbocycles. The number of nitrogens with one attached hydrogen (secondary N) is 1. The number of alkyl carbamates (subject to hydrolysis) is 1. The van der Waals surface area contributed by atoms with Crippen molar-refractivity contribution in [1.82, 2.24) is 14.9 Å². The van der Waals surface area contributed by atoms with Gasteiger partial charge in [-0.25, -0.2) is 28.6 Å². The molecule has 1 N–H and O–H groups in total. The third kappa shape index (κ3) is 7.83. The molecule has 1 amide bonds. The topological polar surface area (TPSA) is 74.6 Å². The summed E-state index contributed by atoms with van der Waals surface area (Å²) < 4.78 is 47.9. The molecule has 0 bridgehead atoms. The maximum absolute atomic E-state index is 14.8. The van der Waals surface area contributed by atoms with Crippen LogP contribution in [0.1, 0.15) is 26.3 Å². The van der Waals surface area contributed by atoms with Crippen LogP contribution in [-0.2, 0) is 22.7 Å². The van der Waals surface area contributed by atoms with Crippen LogP contribution in [0.3, 0.4) is 0 Å². The van der Waals surface area contributed by atoms with Crippen LogP contribution in [0.2, 0.25) is 0 Å². The third-order valence-electron chi connectivity index (χ3n) is 4.80. The molecule has 0 aliphatic heterocycles. The molecular formula is C25H33F2N3O4S. The summed E-state index contributed by atoms with van der Waals surface area (Å²) in [6, 6.07) is 5.55. The first kappa shape index (κ1) is 26.7. The van der Waals surface area contributed by atoms with Gasteiger partial charge in [0.1, 0.15) is 23.7 Å². The highest BCUT2D eigenvalue weighted by molar-refractivity contribution is 8.32. The van der Waals surface area contributed by atoms with Crippen molar-refractivity contribution in [2.75, 3.05) is 31.1 Å². The standard InChI is InChI=1S/C25H33F2N3O4S/c1-25(2,3)34-24(31)29-15-17-13-19(26)22(20(27)14-17)33-21-7-9-28-23-18(21)8-10-30(23)16-32-11-12-35(4,5)6/h7-10,13-14H,11-12,15-16H2,1-6H3,(H,29,31). The molecule has 0 radical (unpaired) electrons. The number of carbonyl (C=O) groups excluding carboxylic acids is 1. The summed E-state index contributed by atoms with van der Waals surface area (Å²) in [4.78, 5) is 16.2.